The summed E-state index contributed by atoms with van der Waals surface area (Å²) in [6.07, 6.45) is 3.23. The molecule has 2 aromatic rings. The van der Waals surface area contributed by atoms with Crippen molar-refractivity contribution < 1.29 is 38.4 Å². The second-order valence-corrected chi connectivity index (χ2v) is 7.90. The average molecular weight is 469 g/mol. The lowest BCUT2D eigenvalue weighted by Gasteiger charge is -2.22. The van der Waals surface area contributed by atoms with Crippen molar-refractivity contribution in [3.05, 3.63) is 47.2 Å². The summed E-state index contributed by atoms with van der Waals surface area (Å²) in [6.45, 7) is 0.401. The van der Waals surface area contributed by atoms with Crippen LogP contribution in [0, 0.1) is 0 Å². The number of aliphatic hydroxyl groups is 1. The number of ether oxygens (including phenoxy) is 5. The van der Waals surface area contributed by atoms with Crippen LogP contribution in [0.15, 0.2) is 36.1 Å². The maximum absolute atomic E-state index is 12.9. The second kappa shape index (κ2) is 10.0. The van der Waals surface area contributed by atoms with Crippen molar-refractivity contribution in [2.75, 3.05) is 41.1 Å². The summed E-state index contributed by atoms with van der Waals surface area (Å²) in [5.41, 5.74) is 0.978. The van der Waals surface area contributed by atoms with Gasteiger partial charge in [0, 0.05) is 24.2 Å². The molecule has 4 rings (SSSR count). The van der Waals surface area contributed by atoms with Crippen LogP contribution in [0.3, 0.4) is 0 Å². The monoisotopic (exact) mass is 469 g/mol. The van der Waals surface area contributed by atoms with Gasteiger partial charge in [-0.25, -0.2) is 0 Å². The number of Topliss-reactive ketones (excluding diaryl/α,β-unsaturated/α-hetero) is 1. The molecule has 9 heteroatoms. The first-order chi connectivity index (χ1) is 16.5. The quantitative estimate of drug-likeness (QED) is 0.589. The predicted molar refractivity (Wildman–Crippen MR) is 123 cm³/mol. The standard InChI is InChI=1S/C25H27NO8/c1-30-19-12-22(32-3)21(31-2)9-15(19)10-23-25(29)18-7-6-17(11-20(18)34-23)33-14-24(28)26-8-4-5-16(26)13-27/h6-7,9-12,16,27H,4-5,8,13-14H2,1-3H3. The fourth-order valence-corrected chi connectivity index (χ4v) is 4.15. The van der Waals surface area contributed by atoms with Gasteiger partial charge >= 0.3 is 0 Å². The molecule has 0 radical (unpaired) electrons. The molecule has 1 amide bonds. The number of nitrogens with zero attached hydrogens (tertiary/aromatic N) is 1. The number of fused-ring (bicyclic) bond motifs is 1. The molecule has 1 N–H and O–H groups in total. The number of ketones is 1. The van der Waals surface area contributed by atoms with E-state index in [2.05, 4.69) is 0 Å². The van der Waals surface area contributed by atoms with Gasteiger partial charge < -0.3 is 33.7 Å². The van der Waals surface area contributed by atoms with Gasteiger partial charge in [-0.05, 0) is 37.1 Å². The third kappa shape index (κ3) is 4.51. The Morgan fingerprint density at radius 2 is 1.85 bits per heavy atom. The van der Waals surface area contributed by atoms with E-state index in [-0.39, 0.29) is 36.7 Å². The fourth-order valence-electron chi connectivity index (χ4n) is 4.15. The van der Waals surface area contributed by atoms with E-state index in [1.54, 1.807) is 41.3 Å². The molecule has 2 heterocycles. The molecular formula is C25H27NO8. The Hall–Kier alpha value is -3.72. The molecule has 0 aliphatic carbocycles. The van der Waals surface area contributed by atoms with E-state index in [0.29, 0.717) is 46.4 Å². The number of benzene rings is 2. The summed E-state index contributed by atoms with van der Waals surface area (Å²) in [5.74, 6) is 1.88. The Balaban J connectivity index is 1.50. The van der Waals surface area contributed by atoms with Crippen LogP contribution in [0.5, 0.6) is 28.7 Å². The Labute approximate surface area is 197 Å². The van der Waals surface area contributed by atoms with Gasteiger partial charge in [0.25, 0.3) is 5.91 Å². The van der Waals surface area contributed by atoms with Crippen molar-refractivity contribution in [3.8, 4) is 28.7 Å². The molecule has 0 aromatic heterocycles. The number of methoxy groups -OCH3 is 3. The smallest absolute Gasteiger partial charge is 0.260 e. The number of allylic oxidation sites excluding steroid dienone is 1. The number of likely N-dealkylation sites (tertiary alicyclic amines) is 1. The molecule has 0 bridgehead atoms. The molecular weight excluding hydrogens is 442 g/mol. The molecule has 9 nitrogen and oxygen atoms in total. The SMILES string of the molecule is COc1cc(OC)c(OC)cc1C=C1Oc2cc(OCC(=O)N3CCCC3CO)ccc2C1=O. The van der Waals surface area contributed by atoms with Crippen molar-refractivity contribution in [1.82, 2.24) is 4.90 Å². The maximum Gasteiger partial charge on any atom is 0.260 e. The summed E-state index contributed by atoms with van der Waals surface area (Å²) in [4.78, 5) is 27.0. The van der Waals surface area contributed by atoms with E-state index < -0.39 is 0 Å². The predicted octanol–water partition coefficient (Wildman–Crippen LogP) is 2.69. The van der Waals surface area contributed by atoms with Crippen molar-refractivity contribution in [2.24, 2.45) is 0 Å². The van der Waals surface area contributed by atoms with Crippen LogP contribution in [0.1, 0.15) is 28.8 Å². The van der Waals surface area contributed by atoms with Gasteiger partial charge in [0.15, 0.2) is 23.9 Å². The lowest BCUT2D eigenvalue weighted by Crippen LogP contribution is -2.40. The first kappa shape index (κ1) is 23.4. The van der Waals surface area contributed by atoms with E-state index in [1.807, 2.05) is 0 Å². The summed E-state index contributed by atoms with van der Waals surface area (Å²) in [6, 6.07) is 8.03. The third-order valence-electron chi connectivity index (χ3n) is 5.93. The van der Waals surface area contributed by atoms with Gasteiger partial charge in [0.05, 0.1) is 39.5 Å². The van der Waals surface area contributed by atoms with Crippen LogP contribution in [0.25, 0.3) is 6.08 Å². The molecule has 0 spiro atoms. The van der Waals surface area contributed by atoms with Crippen molar-refractivity contribution in [3.63, 3.8) is 0 Å². The van der Waals surface area contributed by atoms with Crippen LogP contribution in [0.4, 0.5) is 0 Å². The Morgan fingerprint density at radius 1 is 1.12 bits per heavy atom. The highest BCUT2D eigenvalue weighted by Gasteiger charge is 2.30. The summed E-state index contributed by atoms with van der Waals surface area (Å²) >= 11 is 0. The number of aliphatic hydroxyl groups excluding tert-OH is 1. The number of hydrogen-bond donors (Lipinski definition) is 1. The van der Waals surface area contributed by atoms with Crippen LogP contribution in [0.2, 0.25) is 0 Å². The summed E-state index contributed by atoms with van der Waals surface area (Å²) in [7, 11) is 4.57. The zero-order valence-electron chi connectivity index (χ0n) is 19.3. The van der Waals surface area contributed by atoms with Gasteiger partial charge in [-0.1, -0.05) is 0 Å². The van der Waals surface area contributed by atoms with Crippen LogP contribution < -0.4 is 23.7 Å². The summed E-state index contributed by atoms with van der Waals surface area (Å²) < 4.78 is 27.5. The number of rotatable bonds is 8. The van der Waals surface area contributed by atoms with E-state index in [0.717, 1.165) is 12.8 Å². The highest BCUT2D eigenvalue weighted by Crippen LogP contribution is 2.39. The first-order valence-electron chi connectivity index (χ1n) is 10.9. The lowest BCUT2D eigenvalue weighted by molar-refractivity contribution is -0.134. The van der Waals surface area contributed by atoms with E-state index in [9.17, 15) is 14.7 Å². The molecule has 1 saturated heterocycles. The minimum atomic E-state index is -0.280. The average Bonchev–Trinajstić information content (AvgIpc) is 3.46. The largest absolute Gasteiger partial charge is 0.496 e. The molecule has 0 saturated carbocycles. The van der Waals surface area contributed by atoms with Gasteiger partial charge in [-0.2, -0.15) is 0 Å². The number of carbonyl (C=O) groups excluding carboxylic acids is 2. The van der Waals surface area contributed by atoms with Gasteiger partial charge in [0.2, 0.25) is 5.78 Å². The highest BCUT2D eigenvalue weighted by atomic mass is 16.5. The number of carbonyl (C=O) groups is 2. The highest BCUT2D eigenvalue weighted by molar-refractivity contribution is 6.14. The van der Waals surface area contributed by atoms with Gasteiger partial charge in [-0.15, -0.1) is 0 Å². The Kier molecular flexibility index (Phi) is 6.93. The van der Waals surface area contributed by atoms with Crippen molar-refractivity contribution in [1.29, 1.82) is 0 Å². The Bertz CT molecular complexity index is 1130. The van der Waals surface area contributed by atoms with E-state index in [4.69, 9.17) is 23.7 Å². The molecule has 1 fully saturated rings. The molecule has 2 aliphatic heterocycles. The molecule has 34 heavy (non-hydrogen) atoms. The minimum Gasteiger partial charge on any atom is -0.496 e. The number of amides is 1. The molecule has 1 atom stereocenters. The third-order valence-corrected chi connectivity index (χ3v) is 5.93. The second-order valence-electron chi connectivity index (χ2n) is 7.90. The van der Waals surface area contributed by atoms with Crippen LogP contribution >= 0.6 is 0 Å². The normalized spacial score (nSPS) is 18.0. The lowest BCUT2D eigenvalue weighted by atomic mass is 10.1. The first-order valence-corrected chi connectivity index (χ1v) is 10.9. The maximum atomic E-state index is 12.9. The zero-order chi connectivity index (χ0) is 24.2. The van der Waals surface area contributed by atoms with Crippen LogP contribution in [-0.4, -0.2) is 68.8 Å². The Morgan fingerprint density at radius 3 is 2.56 bits per heavy atom. The molecule has 2 aliphatic rings. The van der Waals surface area contributed by atoms with E-state index >= 15 is 0 Å². The summed E-state index contributed by atoms with van der Waals surface area (Å²) in [5, 5.41) is 9.41. The van der Waals surface area contributed by atoms with Crippen molar-refractivity contribution >= 4 is 17.8 Å². The van der Waals surface area contributed by atoms with Crippen molar-refractivity contribution in [2.45, 2.75) is 18.9 Å². The fraction of sp³-hybridized carbons (Fsp3) is 0.360. The topological polar surface area (TPSA) is 104 Å². The molecule has 2 aromatic carbocycles. The zero-order valence-corrected chi connectivity index (χ0v) is 19.3. The van der Waals surface area contributed by atoms with Crippen LogP contribution in [-0.2, 0) is 4.79 Å². The van der Waals surface area contributed by atoms with Gasteiger partial charge in [0.1, 0.15) is 17.2 Å². The molecule has 1 unspecified atom stereocenters. The van der Waals surface area contributed by atoms with E-state index in [1.165, 1.54) is 21.3 Å². The van der Waals surface area contributed by atoms with Gasteiger partial charge in [-0.3, -0.25) is 9.59 Å². The minimum absolute atomic E-state index is 0.0551. The molecule has 180 valence electrons. The number of hydrogen-bond acceptors (Lipinski definition) is 8.